The van der Waals surface area contributed by atoms with E-state index in [2.05, 4.69) is 87.7 Å². The first-order valence-electron chi connectivity index (χ1n) is 34.3. The number of aromatic carboxylic acids is 1. The number of anilines is 2. The van der Waals surface area contributed by atoms with Crippen molar-refractivity contribution in [3.05, 3.63) is 138 Å². The Labute approximate surface area is 634 Å². The van der Waals surface area contributed by atoms with Gasteiger partial charge >= 0.3 is 29.8 Å². The van der Waals surface area contributed by atoms with Crippen LogP contribution in [0.2, 0.25) is 0 Å². The highest BCUT2D eigenvalue weighted by atomic mass is 32.2. The van der Waals surface area contributed by atoms with Gasteiger partial charge in [-0.15, -0.1) is 11.8 Å². The van der Waals surface area contributed by atoms with Gasteiger partial charge < -0.3 is 108 Å². The number of hydrogen-bond acceptors (Lipinski definition) is 22. The number of fused-ring (bicyclic) bond motifs is 2. The summed E-state index contributed by atoms with van der Waals surface area (Å²) >= 11 is 0.844. The molecule has 0 bridgehead atoms. The van der Waals surface area contributed by atoms with E-state index in [4.69, 9.17) is 10.2 Å². The van der Waals surface area contributed by atoms with Crippen LogP contribution >= 0.6 is 11.8 Å². The Morgan fingerprint density at radius 1 is 0.495 bits per heavy atom. The lowest BCUT2D eigenvalue weighted by Crippen LogP contribution is -2.61. The number of aromatic nitrogens is 8. The van der Waals surface area contributed by atoms with Crippen LogP contribution in [-0.4, -0.2) is 243 Å². The van der Waals surface area contributed by atoms with Gasteiger partial charge in [-0.3, -0.25) is 57.5 Å². The molecule has 9 amide bonds. The summed E-state index contributed by atoms with van der Waals surface area (Å²) in [7, 11) is 7.48. The predicted molar refractivity (Wildman–Crippen MR) is 395 cm³/mol. The number of nitrogens with two attached hydrogens (primary N) is 1. The Hall–Kier alpha value is -13.3. The number of hydrogen-bond donors (Lipinski definition) is 19. The fraction of sp³-hybridized carbons (Fsp3) is 0.357. The van der Waals surface area contributed by atoms with Crippen LogP contribution in [-0.2, 0) is 88.0 Å². The number of carbonyl (C=O) groups is 14. The van der Waals surface area contributed by atoms with E-state index in [1.54, 1.807) is 6.07 Å². The maximum absolute atomic E-state index is 14.6. The van der Waals surface area contributed by atoms with Gasteiger partial charge in [-0.2, -0.15) is 0 Å². The van der Waals surface area contributed by atoms with Gasteiger partial charge in [0, 0.05) is 130 Å². The fourth-order valence-corrected chi connectivity index (χ4v) is 12.3. The molecule has 8 atom stereocenters. The zero-order chi connectivity index (χ0) is 80.6. The Balaban J connectivity index is 0.980. The standard InChI is InChI=1S/C70H82N20O20S/c1-89(2)40-6-9-43-54(22-40)110-55-23-41(90(3)4)7-10-44(55)61(43)42-8-5-35(17-45(42)69(106)107)80-57(92)30-111-29-53(81-56(91)24-71)68(105)87-51(20-38-27-74-33-78-38)67(104)83-47(12-15-59(95)96)63(100)85-49(18-36-25-72-31-76-36)65(102)82-46(11-14-58(93)94)62(99)86-50(19-37-26-73-32-77-37)66(103)84-48(13-16-60(97)98)64(101)88-52(70(108)109)21-39-28-75-34-79-39/h5-10,17,22-23,25-28,31-34,46-53H,11-16,18-21,24,29-30,71H2,1-4H3,(H17,72,73,74,75,76,77,78,79,81,82,83,84,85,86,87,88,91,93,94,95,96,97,98,99,100,101,102,103,104,105,106,107,108,109)/p+1/t46-,47-,48-,49-,50-,51-,52-,53-/m0/s1. The Morgan fingerprint density at radius 3 is 1.31 bits per heavy atom. The maximum atomic E-state index is 14.6. The van der Waals surface area contributed by atoms with Crippen molar-refractivity contribution in [2.45, 2.75) is 113 Å². The number of carboxylic acid groups (broad SMARTS) is 5. The van der Waals surface area contributed by atoms with E-state index in [0.717, 1.165) is 22.8 Å². The molecule has 6 aromatic rings. The molecular formula is C70H83N20O20S+. The van der Waals surface area contributed by atoms with E-state index < -0.39 is 196 Å². The van der Waals surface area contributed by atoms with Crippen molar-refractivity contribution in [3.63, 3.8) is 0 Å². The van der Waals surface area contributed by atoms with Gasteiger partial charge in [0.1, 0.15) is 73.8 Å². The molecule has 0 fully saturated rings. The molecule has 588 valence electrons. The summed E-state index contributed by atoms with van der Waals surface area (Å²) in [6.07, 6.45) is 4.28. The Bertz CT molecular complexity index is 4720. The lowest BCUT2D eigenvalue weighted by Gasteiger charge is -2.28. The third-order valence-electron chi connectivity index (χ3n) is 17.1. The van der Waals surface area contributed by atoms with E-state index in [1.807, 2.05) is 74.1 Å². The number of carboxylic acids is 5. The monoisotopic (exact) mass is 1560 g/mol. The summed E-state index contributed by atoms with van der Waals surface area (Å²) in [4.78, 5) is 218. The van der Waals surface area contributed by atoms with Crippen molar-refractivity contribution in [2.24, 2.45) is 5.73 Å². The highest BCUT2D eigenvalue weighted by Gasteiger charge is 2.37. The van der Waals surface area contributed by atoms with Crippen LogP contribution in [0.4, 0.5) is 11.4 Å². The molecule has 40 nitrogen and oxygen atoms in total. The summed E-state index contributed by atoms with van der Waals surface area (Å²) in [5.74, 6) is -17.1. The van der Waals surface area contributed by atoms with Gasteiger partial charge in [0.15, 0.2) is 0 Å². The van der Waals surface area contributed by atoms with Crippen LogP contribution in [0.5, 0.6) is 0 Å². The zero-order valence-corrected chi connectivity index (χ0v) is 61.0. The van der Waals surface area contributed by atoms with Gasteiger partial charge in [0.05, 0.1) is 72.0 Å². The van der Waals surface area contributed by atoms with E-state index in [1.165, 1.54) is 62.2 Å². The predicted octanol–water partition coefficient (Wildman–Crippen LogP) is -1.95. The van der Waals surface area contributed by atoms with Crippen molar-refractivity contribution >= 4 is 117 Å². The summed E-state index contributed by atoms with van der Waals surface area (Å²) in [6.45, 7) is -0.621. The maximum Gasteiger partial charge on any atom is 0.336 e. The summed E-state index contributed by atoms with van der Waals surface area (Å²) in [5, 5.41) is 73.2. The largest absolute Gasteiger partial charge is 0.481 e. The second-order valence-corrected chi connectivity index (χ2v) is 26.7. The van der Waals surface area contributed by atoms with Crippen LogP contribution in [0.15, 0.2) is 109 Å². The lowest BCUT2D eigenvalue weighted by atomic mass is 9.90. The molecule has 0 unspecified atom stereocenters. The van der Waals surface area contributed by atoms with Crippen molar-refractivity contribution < 1.29 is 97.1 Å². The highest BCUT2D eigenvalue weighted by molar-refractivity contribution is 8.00. The van der Waals surface area contributed by atoms with Crippen LogP contribution < -0.4 is 68.4 Å². The molecule has 5 heterocycles. The third kappa shape index (κ3) is 24.3. The molecule has 0 saturated heterocycles. The number of aliphatic carboxylic acids is 4. The number of aromatic amines is 4. The summed E-state index contributed by atoms with van der Waals surface area (Å²) in [6, 6.07) is 1.55. The highest BCUT2D eigenvalue weighted by Crippen LogP contribution is 2.42. The van der Waals surface area contributed by atoms with Gasteiger partial charge in [0.25, 0.3) is 0 Å². The van der Waals surface area contributed by atoms with Crippen LogP contribution in [0.25, 0.3) is 33.4 Å². The molecule has 8 rings (SSSR count). The zero-order valence-electron chi connectivity index (χ0n) is 60.2. The number of amides is 9. The molecule has 1 aliphatic carbocycles. The summed E-state index contributed by atoms with van der Waals surface area (Å²) < 4.78 is 8.32. The molecule has 2 aliphatic rings. The molecule has 0 saturated carbocycles. The SMILES string of the molecule is CN(C)c1ccc2c(-c3ccc(NC(=O)CSC[C@H](NC(=O)CN)C(=O)N[C@@H](Cc4c[nH]cn4)C(=O)N[C@@H](CCC(=O)O)C(=O)N[C@@H](Cc4c[nH]cn4)C(=O)N[C@@H](CCC(=O)O)C(=O)N[C@@H](Cc4c[nH]cn4)C(=O)N[C@@H](CCC(=O)O)C(=O)N[C@@H](Cc4c[nH]cn4)C(=O)O)cc3C(=O)O)c3ccc(=[N+](C)C)cc-3oc2c1. The van der Waals surface area contributed by atoms with Crippen LogP contribution in [0, 0.1) is 0 Å². The van der Waals surface area contributed by atoms with Crippen molar-refractivity contribution in [1.82, 2.24) is 87.0 Å². The average Bonchev–Trinajstić information content (AvgIpc) is 1.50. The number of benzene rings is 3. The third-order valence-corrected chi connectivity index (χ3v) is 18.1. The molecule has 1 aliphatic heterocycles. The average molecular weight is 1560 g/mol. The molecule has 111 heavy (non-hydrogen) atoms. The topological polar surface area (TPSA) is 609 Å². The lowest BCUT2D eigenvalue weighted by molar-refractivity contribution is -0.143. The first kappa shape index (κ1) is 83.3. The molecule has 2 aromatic carbocycles. The van der Waals surface area contributed by atoms with E-state index >= 15 is 0 Å². The molecule has 4 aromatic heterocycles. The minimum atomic E-state index is -1.89. The number of thioether (sulfide) groups is 1. The number of nitrogens with one attached hydrogen (secondary N) is 13. The Kier molecular flexibility index (Phi) is 29.6. The molecule has 0 radical (unpaired) electrons. The summed E-state index contributed by atoms with van der Waals surface area (Å²) in [5.41, 5.74) is 8.99. The second kappa shape index (κ2) is 39.5. The van der Waals surface area contributed by atoms with Crippen molar-refractivity contribution in [2.75, 3.05) is 56.5 Å². The van der Waals surface area contributed by atoms with Gasteiger partial charge in [-0.25, -0.2) is 34.1 Å². The van der Waals surface area contributed by atoms with Gasteiger partial charge in [-0.1, -0.05) is 6.07 Å². The molecule has 0 spiro atoms. The number of imidazole rings is 4. The van der Waals surface area contributed by atoms with Crippen molar-refractivity contribution in [1.29, 1.82) is 0 Å². The smallest absolute Gasteiger partial charge is 0.336 e. The second-order valence-electron chi connectivity index (χ2n) is 25.7. The number of H-pyrrole nitrogens is 4. The van der Waals surface area contributed by atoms with Crippen LogP contribution in [0.3, 0.4) is 0 Å². The van der Waals surface area contributed by atoms with Crippen LogP contribution in [0.1, 0.15) is 71.7 Å². The molecule has 41 heteroatoms. The van der Waals surface area contributed by atoms with E-state index in [-0.39, 0.29) is 52.0 Å². The number of nitrogens with zero attached hydrogens (tertiary/aromatic N) is 6. The number of rotatable bonds is 42. The fourth-order valence-electron chi connectivity index (χ4n) is 11.4. The first-order valence-corrected chi connectivity index (χ1v) is 35.4. The van der Waals surface area contributed by atoms with Gasteiger partial charge in [-0.05, 0) is 55.2 Å². The van der Waals surface area contributed by atoms with Crippen molar-refractivity contribution in [3.8, 4) is 22.5 Å². The first-order chi connectivity index (χ1) is 52.9. The van der Waals surface area contributed by atoms with E-state index in [0.29, 0.717) is 33.4 Å². The van der Waals surface area contributed by atoms with E-state index in [9.17, 15) is 92.7 Å². The number of carbonyl (C=O) groups excluding carboxylic acids is 9. The Morgan fingerprint density at radius 2 is 0.910 bits per heavy atom. The normalized spacial score (nSPS) is 13.3. The minimum absolute atomic E-state index is 0.0965. The molecule has 20 N–H and O–H groups in total. The minimum Gasteiger partial charge on any atom is -0.481 e. The quantitative estimate of drug-likeness (QED) is 0.0146. The van der Waals surface area contributed by atoms with Gasteiger partial charge in [0.2, 0.25) is 58.5 Å². The molecular weight excluding hydrogens is 1470 g/mol.